The number of fused-ring (bicyclic) bond motifs is 1. The molecule has 7 nitrogen and oxygen atoms in total. The molecule has 35 heavy (non-hydrogen) atoms. The van der Waals surface area contributed by atoms with E-state index in [1.165, 1.54) is 11.3 Å². The van der Waals surface area contributed by atoms with E-state index < -0.39 is 12.0 Å². The van der Waals surface area contributed by atoms with Crippen molar-refractivity contribution in [2.45, 2.75) is 33.7 Å². The molecule has 4 rings (SSSR count). The van der Waals surface area contributed by atoms with Crippen molar-refractivity contribution in [1.82, 2.24) is 4.57 Å². The van der Waals surface area contributed by atoms with Gasteiger partial charge in [0.2, 0.25) is 0 Å². The number of ether oxygens (including phenoxy) is 3. The van der Waals surface area contributed by atoms with Crippen LogP contribution >= 0.6 is 11.3 Å². The Morgan fingerprint density at radius 1 is 1.00 bits per heavy atom. The number of rotatable bonds is 8. The number of hydrogen-bond acceptors (Lipinski definition) is 7. The lowest BCUT2D eigenvalue weighted by molar-refractivity contribution is -0.139. The number of aromatic nitrogens is 1. The van der Waals surface area contributed by atoms with Crippen molar-refractivity contribution < 1.29 is 19.0 Å². The molecule has 2 heterocycles. The lowest BCUT2D eigenvalue weighted by Gasteiger charge is -2.26. The van der Waals surface area contributed by atoms with Gasteiger partial charge in [-0.25, -0.2) is 9.79 Å². The van der Waals surface area contributed by atoms with Crippen molar-refractivity contribution in [3.63, 3.8) is 0 Å². The van der Waals surface area contributed by atoms with Crippen LogP contribution in [0.3, 0.4) is 0 Å². The monoisotopic (exact) mass is 492 g/mol. The normalized spacial score (nSPS) is 15.4. The highest BCUT2D eigenvalue weighted by Gasteiger charge is 2.35. The molecule has 1 atom stereocenters. The molecule has 0 unspecified atom stereocenters. The van der Waals surface area contributed by atoms with Crippen molar-refractivity contribution in [1.29, 1.82) is 0 Å². The van der Waals surface area contributed by atoms with Gasteiger partial charge in [0.1, 0.15) is 17.5 Å². The lowest BCUT2D eigenvalue weighted by atomic mass is 9.95. The number of hydrogen-bond donors (Lipinski definition) is 0. The largest absolute Gasteiger partial charge is 0.494 e. The first-order valence-electron chi connectivity index (χ1n) is 11.6. The van der Waals surface area contributed by atoms with Gasteiger partial charge in [0, 0.05) is 11.1 Å². The molecular weight excluding hydrogens is 464 g/mol. The molecule has 1 aliphatic heterocycles. The van der Waals surface area contributed by atoms with Gasteiger partial charge in [0.15, 0.2) is 4.80 Å². The first kappa shape index (κ1) is 24.5. The van der Waals surface area contributed by atoms with Crippen molar-refractivity contribution in [3.8, 4) is 11.5 Å². The summed E-state index contributed by atoms with van der Waals surface area (Å²) >= 11 is 1.28. The fourth-order valence-electron chi connectivity index (χ4n) is 4.11. The number of para-hydroxylation sites is 2. The van der Waals surface area contributed by atoms with Crippen LogP contribution in [0.4, 0.5) is 0 Å². The molecule has 1 aliphatic rings. The standard InChI is InChI=1S/C27H28N2O5S/c1-5-32-20-14-10-8-12-18(20)16-22-25(30)29-24(19-13-9-11-15-21(19)33-6-2)23(26(31)34-7-3)17(4)28-27(29)35-22/h8-16,24H,5-7H2,1-4H3/b22-16-/t24-/m1/s1. The highest BCUT2D eigenvalue weighted by molar-refractivity contribution is 7.07. The Hall–Kier alpha value is -3.65. The zero-order valence-electron chi connectivity index (χ0n) is 20.2. The van der Waals surface area contributed by atoms with E-state index in [9.17, 15) is 9.59 Å². The summed E-state index contributed by atoms with van der Waals surface area (Å²) in [4.78, 5) is 32.0. The van der Waals surface area contributed by atoms with Crippen LogP contribution in [0.15, 0.2) is 69.6 Å². The molecule has 1 aromatic heterocycles. The highest BCUT2D eigenvalue weighted by atomic mass is 32.1. The van der Waals surface area contributed by atoms with E-state index >= 15 is 0 Å². The number of benzene rings is 2. The Morgan fingerprint density at radius 2 is 1.66 bits per heavy atom. The summed E-state index contributed by atoms with van der Waals surface area (Å²) in [5.41, 5.74) is 2.10. The predicted molar refractivity (Wildman–Crippen MR) is 136 cm³/mol. The van der Waals surface area contributed by atoms with E-state index in [2.05, 4.69) is 4.99 Å². The van der Waals surface area contributed by atoms with Gasteiger partial charge in [0.25, 0.3) is 5.56 Å². The van der Waals surface area contributed by atoms with E-state index in [0.29, 0.717) is 50.9 Å². The van der Waals surface area contributed by atoms with Crippen LogP contribution < -0.4 is 24.4 Å². The van der Waals surface area contributed by atoms with E-state index in [1.807, 2.05) is 68.5 Å². The molecule has 0 radical (unpaired) electrons. The summed E-state index contributed by atoms with van der Waals surface area (Å²) < 4.78 is 19.0. The number of carbonyl (C=O) groups is 1. The molecule has 2 aromatic carbocycles. The third-order valence-electron chi connectivity index (χ3n) is 5.54. The van der Waals surface area contributed by atoms with Crippen LogP contribution in [-0.2, 0) is 9.53 Å². The van der Waals surface area contributed by atoms with E-state index in [1.54, 1.807) is 18.4 Å². The van der Waals surface area contributed by atoms with Gasteiger partial charge in [-0.2, -0.15) is 0 Å². The number of nitrogens with zero attached hydrogens (tertiary/aromatic N) is 2. The Bertz CT molecular complexity index is 1450. The quantitative estimate of drug-likeness (QED) is 0.449. The van der Waals surface area contributed by atoms with Gasteiger partial charge in [-0.3, -0.25) is 9.36 Å². The molecule has 0 saturated carbocycles. The van der Waals surface area contributed by atoms with Crippen LogP contribution in [0.25, 0.3) is 6.08 Å². The SMILES string of the molecule is CCOC(=O)C1=C(C)N=c2s/c(=C\c3ccccc3OCC)c(=O)n2[C@@H]1c1ccccc1OCC. The fraction of sp³-hybridized carbons (Fsp3) is 0.296. The van der Waals surface area contributed by atoms with Crippen molar-refractivity contribution in [2.75, 3.05) is 19.8 Å². The number of carbonyl (C=O) groups excluding carboxylic acids is 1. The van der Waals surface area contributed by atoms with Crippen molar-refractivity contribution >= 4 is 23.4 Å². The third-order valence-corrected chi connectivity index (χ3v) is 6.52. The molecule has 3 aromatic rings. The molecule has 0 aliphatic carbocycles. The van der Waals surface area contributed by atoms with Crippen LogP contribution in [0.2, 0.25) is 0 Å². The summed E-state index contributed by atoms with van der Waals surface area (Å²) in [7, 11) is 0. The predicted octanol–water partition coefficient (Wildman–Crippen LogP) is 3.60. The second-order valence-corrected chi connectivity index (χ2v) is 8.75. The van der Waals surface area contributed by atoms with Crippen LogP contribution in [0, 0.1) is 0 Å². The third kappa shape index (κ3) is 4.79. The van der Waals surface area contributed by atoms with Gasteiger partial charge < -0.3 is 14.2 Å². The van der Waals surface area contributed by atoms with Gasteiger partial charge in [-0.05, 0) is 45.9 Å². The smallest absolute Gasteiger partial charge is 0.338 e. The Kier molecular flexibility index (Phi) is 7.51. The lowest BCUT2D eigenvalue weighted by Crippen LogP contribution is -2.40. The molecular formula is C27H28N2O5S. The Labute approximate surface area is 207 Å². The minimum Gasteiger partial charge on any atom is -0.494 e. The maximum Gasteiger partial charge on any atom is 0.338 e. The molecule has 0 N–H and O–H groups in total. The number of allylic oxidation sites excluding steroid dienone is 1. The Balaban J connectivity index is 1.98. The minimum atomic E-state index is -0.725. The second kappa shape index (κ2) is 10.7. The molecule has 0 saturated heterocycles. The van der Waals surface area contributed by atoms with Gasteiger partial charge >= 0.3 is 5.97 Å². The van der Waals surface area contributed by atoms with Crippen LogP contribution in [-0.4, -0.2) is 30.4 Å². The molecule has 0 amide bonds. The Morgan fingerprint density at radius 3 is 2.37 bits per heavy atom. The average molecular weight is 493 g/mol. The minimum absolute atomic E-state index is 0.216. The summed E-state index contributed by atoms with van der Waals surface area (Å²) in [5, 5.41) is 0. The number of esters is 1. The summed E-state index contributed by atoms with van der Waals surface area (Å²) in [6.07, 6.45) is 1.81. The van der Waals surface area contributed by atoms with E-state index in [-0.39, 0.29) is 12.2 Å². The van der Waals surface area contributed by atoms with Gasteiger partial charge in [-0.15, -0.1) is 0 Å². The average Bonchev–Trinajstić information content (AvgIpc) is 3.15. The molecule has 0 bridgehead atoms. The maximum atomic E-state index is 13.8. The fourth-order valence-corrected chi connectivity index (χ4v) is 5.14. The van der Waals surface area contributed by atoms with E-state index in [0.717, 1.165) is 5.56 Å². The maximum absolute atomic E-state index is 13.8. The molecule has 0 fully saturated rings. The topological polar surface area (TPSA) is 79.1 Å². The zero-order chi connectivity index (χ0) is 24.9. The summed E-state index contributed by atoms with van der Waals surface area (Å²) in [6, 6.07) is 14.3. The van der Waals surface area contributed by atoms with Gasteiger partial charge in [0.05, 0.1) is 35.6 Å². The van der Waals surface area contributed by atoms with Crippen LogP contribution in [0.5, 0.6) is 11.5 Å². The first-order valence-corrected chi connectivity index (χ1v) is 12.4. The zero-order valence-corrected chi connectivity index (χ0v) is 21.1. The number of thiazole rings is 1. The van der Waals surface area contributed by atoms with Crippen molar-refractivity contribution in [3.05, 3.63) is 90.6 Å². The highest BCUT2D eigenvalue weighted by Crippen LogP contribution is 2.35. The van der Waals surface area contributed by atoms with Crippen LogP contribution in [0.1, 0.15) is 44.9 Å². The molecule has 182 valence electrons. The summed E-state index contributed by atoms with van der Waals surface area (Å²) in [6.45, 7) is 8.51. The van der Waals surface area contributed by atoms with Crippen molar-refractivity contribution in [2.24, 2.45) is 4.99 Å². The second-order valence-electron chi connectivity index (χ2n) is 7.74. The molecule has 0 spiro atoms. The van der Waals surface area contributed by atoms with E-state index in [4.69, 9.17) is 14.2 Å². The molecule has 8 heteroatoms. The first-order chi connectivity index (χ1) is 17.0. The van der Waals surface area contributed by atoms with Gasteiger partial charge in [-0.1, -0.05) is 47.7 Å². The summed E-state index contributed by atoms with van der Waals surface area (Å²) in [5.74, 6) is 0.802.